The van der Waals surface area contributed by atoms with Gasteiger partial charge in [0.25, 0.3) is 0 Å². The molecule has 0 saturated carbocycles. The van der Waals surface area contributed by atoms with Crippen LogP contribution >= 0.6 is 0 Å². The molecule has 23 heavy (non-hydrogen) atoms. The maximum absolute atomic E-state index is 14.2. The van der Waals surface area contributed by atoms with Crippen molar-refractivity contribution in [1.82, 2.24) is 4.98 Å². The fraction of sp³-hybridized carbons (Fsp3) is 0.167. The average Bonchev–Trinajstić information content (AvgIpc) is 2.83. The molecule has 3 nitrogen and oxygen atoms in total. The van der Waals surface area contributed by atoms with Crippen molar-refractivity contribution in [2.24, 2.45) is 0 Å². The maximum atomic E-state index is 14.2. The standard InChI is InChI=1S/C18H15F2NO2/c1-9-3-4-10(2)17-16(9)13(8-15(22)23)18(21-17)12-6-5-11(19)7-14(12)20/h3-7,21H,8H2,1-2H3,(H,22,23). The molecule has 2 N–H and O–H groups in total. The van der Waals surface area contributed by atoms with Crippen molar-refractivity contribution >= 4 is 16.9 Å². The molecule has 0 bridgehead atoms. The highest BCUT2D eigenvalue weighted by molar-refractivity contribution is 5.97. The zero-order valence-electron chi connectivity index (χ0n) is 12.7. The summed E-state index contributed by atoms with van der Waals surface area (Å²) in [7, 11) is 0. The van der Waals surface area contributed by atoms with Crippen molar-refractivity contribution in [2.45, 2.75) is 20.3 Å². The normalized spacial score (nSPS) is 11.1. The maximum Gasteiger partial charge on any atom is 0.307 e. The number of aryl methyl sites for hydroxylation is 2. The fourth-order valence-corrected chi connectivity index (χ4v) is 2.94. The van der Waals surface area contributed by atoms with Crippen LogP contribution in [0, 0.1) is 25.5 Å². The number of rotatable bonds is 3. The van der Waals surface area contributed by atoms with E-state index in [4.69, 9.17) is 0 Å². The molecule has 0 fully saturated rings. The summed E-state index contributed by atoms with van der Waals surface area (Å²) in [6.45, 7) is 3.78. The Balaban J connectivity index is 2.37. The van der Waals surface area contributed by atoms with E-state index in [-0.39, 0.29) is 12.0 Å². The van der Waals surface area contributed by atoms with Crippen molar-refractivity contribution in [2.75, 3.05) is 0 Å². The van der Waals surface area contributed by atoms with E-state index >= 15 is 0 Å². The number of aromatic amines is 1. The molecule has 3 rings (SSSR count). The molecule has 0 radical (unpaired) electrons. The summed E-state index contributed by atoms with van der Waals surface area (Å²) in [4.78, 5) is 14.4. The molecule has 2 aromatic carbocycles. The van der Waals surface area contributed by atoms with Crippen LogP contribution in [0.5, 0.6) is 0 Å². The molecule has 118 valence electrons. The summed E-state index contributed by atoms with van der Waals surface area (Å²) >= 11 is 0. The number of halogens is 2. The molecule has 0 saturated heterocycles. The third-order valence-corrected chi connectivity index (χ3v) is 4.00. The smallest absolute Gasteiger partial charge is 0.307 e. The Kier molecular flexibility index (Phi) is 3.64. The first-order valence-corrected chi connectivity index (χ1v) is 7.16. The molecule has 0 amide bonds. The van der Waals surface area contributed by atoms with Crippen LogP contribution in [-0.4, -0.2) is 16.1 Å². The molecule has 0 spiro atoms. The lowest BCUT2D eigenvalue weighted by molar-refractivity contribution is -0.136. The lowest BCUT2D eigenvalue weighted by Gasteiger charge is -2.05. The number of hydrogen-bond donors (Lipinski definition) is 2. The largest absolute Gasteiger partial charge is 0.481 e. The van der Waals surface area contributed by atoms with Gasteiger partial charge >= 0.3 is 5.97 Å². The number of H-pyrrole nitrogens is 1. The Bertz CT molecular complexity index is 928. The summed E-state index contributed by atoms with van der Waals surface area (Å²) in [6, 6.07) is 7.11. The zero-order valence-corrected chi connectivity index (χ0v) is 12.7. The van der Waals surface area contributed by atoms with E-state index in [1.807, 2.05) is 26.0 Å². The van der Waals surface area contributed by atoms with Crippen molar-refractivity contribution in [1.29, 1.82) is 0 Å². The molecule has 0 aliphatic heterocycles. The summed E-state index contributed by atoms with van der Waals surface area (Å²) in [6.07, 6.45) is -0.240. The third kappa shape index (κ3) is 2.59. The summed E-state index contributed by atoms with van der Waals surface area (Å²) in [5, 5.41) is 10.0. The second-order valence-corrected chi connectivity index (χ2v) is 5.62. The number of carboxylic acids is 1. The number of carbonyl (C=O) groups is 1. The number of nitrogens with one attached hydrogen (secondary N) is 1. The van der Waals surface area contributed by atoms with Crippen molar-refractivity contribution in [3.63, 3.8) is 0 Å². The molecule has 0 aliphatic rings. The van der Waals surface area contributed by atoms with Crippen LogP contribution < -0.4 is 0 Å². The molecule has 0 atom stereocenters. The highest BCUT2D eigenvalue weighted by Gasteiger charge is 2.20. The van der Waals surface area contributed by atoms with Crippen molar-refractivity contribution < 1.29 is 18.7 Å². The Morgan fingerprint density at radius 3 is 2.48 bits per heavy atom. The highest BCUT2D eigenvalue weighted by Crippen LogP contribution is 2.35. The number of fused-ring (bicyclic) bond motifs is 1. The van der Waals surface area contributed by atoms with Crippen LogP contribution in [-0.2, 0) is 11.2 Å². The third-order valence-electron chi connectivity index (χ3n) is 4.00. The fourth-order valence-electron chi connectivity index (χ4n) is 2.94. The minimum atomic E-state index is -1.00. The number of hydrogen-bond acceptors (Lipinski definition) is 1. The van der Waals surface area contributed by atoms with E-state index in [1.54, 1.807) is 0 Å². The second-order valence-electron chi connectivity index (χ2n) is 5.62. The van der Waals surface area contributed by atoms with Gasteiger partial charge in [0.15, 0.2) is 0 Å². The van der Waals surface area contributed by atoms with Gasteiger partial charge in [-0.05, 0) is 42.7 Å². The van der Waals surface area contributed by atoms with E-state index in [9.17, 15) is 18.7 Å². The summed E-state index contributed by atoms with van der Waals surface area (Å²) in [5.74, 6) is -2.40. The Morgan fingerprint density at radius 1 is 1.13 bits per heavy atom. The van der Waals surface area contributed by atoms with Gasteiger partial charge in [-0.25, -0.2) is 8.78 Å². The Morgan fingerprint density at radius 2 is 1.83 bits per heavy atom. The molecule has 0 aliphatic carbocycles. The quantitative estimate of drug-likeness (QED) is 0.754. The van der Waals surface area contributed by atoms with E-state index in [0.717, 1.165) is 34.2 Å². The summed E-state index contributed by atoms with van der Waals surface area (Å²) in [5.41, 5.74) is 3.69. The van der Waals surface area contributed by atoms with E-state index in [2.05, 4.69) is 4.98 Å². The van der Waals surface area contributed by atoms with Crippen molar-refractivity contribution in [3.05, 3.63) is 58.7 Å². The van der Waals surface area contributed by atoms with Gasteiger partial charge in [0.2, 0.25) is 0 Å². The predicted octanol–water partition coefficient (Wildman–Crippen LogP) is 4.36. The van der Waals surface area contributed by atoms with Gasteiger partial charge in [0.1, 0.15) is 11.6 Å². The summed E-state index contributed by atoms with van der Waals surface area (Å²) < 4.78 is 27.3. The molecule has 5 heteroatoms. The predicted molar refractivity (Wildman–Crippen MR) is 84.5 cm³/mol. The minimum absolute atomic E-state index is 0.164. The first kappa shape index (κ1) is 15.2. The van der Waals surface area contributed by atoms with E-state index in [1.165, 1.54) is 6.07 Å². The average molecular weight is 315 g/mol. The lowest BCUT2D eigenvalue weighted by atomic mass is 9.98. The van der Waals surface area contributed by atoms with Crippen LogP contribution in [0.15, 0.2) is 30.3 Å². The topological polar surface area (TPSA) is 53.1 Å². The highest BCUT2D eigenvalue weighted by atomic mass is 19.1. The second kappa shape index (κ2) is 5.50. The monoisotopic (exact) mass is 315 g/mol. The lowest BCUT2D eigenvalue weighted by Crippen LogP contribution is -2.02. The molecule has 1 aromatic heterocycles. The van der Waals surface area contributed by atoms with Gasteiger partial charge < -0.3 is 10.1 Å². The van der Waals surface area contributed by atoms with Gasteiger partial charge in [0.05, 0.1) is 12.1 Å². The molecular weight excluding hydrogens is 300 g/mol. The van der Waals surface area contributed by atoms with Gasteiger partial charge in [-0.2, -0.15) is 0 Å². The van der Waals surface area contributed by atoms with Gasteiger partial charge in [-0.1, -0.05) is 12.1 Å². The van der Waals surface area contributed by atoms with Crippen LogP contribution in [0.2, 0.25) is 0 Å². The number of aromatic nitrogens is 1. The van der Waals surface area contributed by atoms with Gasteiger partial charge in [0, 0.05) is 22.5 Å². The molecule has 1 heterocycles. The van der Waals surface area contributed by atoms with Gasteiger partial charge in [-0.15, -0.1) is 0 Å². The van der Waals surface area contributed by atoms with Crippen molar-refractivity contribution in [3.8, 4) is 11.3 Å². The zero-order chi connectivity index (χ0) is 16.7. The number of aliphatic carboxylic acids is 1. The van der Waals surface area contributed by atoms with Gasteiger partial charge in [-0.3, -0.25) is 4.79 Å². The molecule has 3 aromatic rings. The molecule has 0 unspecified atom stereocenters. The van der Waals surface area contributed by atoms with Crippen LogP contribution in [0.4, 0.5) is 8.78 Å². The van der Waals surface area contributed by atoms with E-state index < -0.39 is 17.6 Å². The SMILES string of the molecule is Cc1ccc(C)c2c(CC(=O)O)c(-c3ccc(F)cc3F)[nH]c12. The van der Waals surface area contributed by atoms with Crippen LogP contribution in [0.1, 0.15) is 16.7 Å². The molecular formula is C18H15F2NO2. The Hall–Kier alpha value is -2.69. The van der Waals surface area contributed by atoms with Crippen LogP contribution in [0.25, 0.3) is 22.2 Å². The van der Waals surface area contributed by atoms with Crippen LogP contribution in [0.3, 0.4) is 0 Å². The van der Waals surface area contributed by atoms with E-state index in [0.29, 0.717) is 11.3 Å². The minimum Gasteiger partial charge on any atom is -0.481 e. The Labute approximate surface area is 131 Å². The number of benzene rings is 2. The number of carboxylic acid groups (broad SMARTS) is 1. The first-order valence-electron chi connectivity index (χ1n) is 7.16. The first-order chi connectivity index (χ1) is 10.9.